The Bertz CT molecular complexity index is 3150. The molecule has 0 bridgehead atoms. The third kappa shape index (κ3) is 5.09. The summed E-state index contributed by atoms with van der Waals surface area (Å²) in [5.74, 6) is 0.460. The lowest BCUT2D eigenvalue weighted by Crippen LogP contribution is -2.40. The van der Waals surface area contributed by atoms with Gasteiger partial charge in [0.25, 0.3) is 0 Å². The zero-order valence-corrected chi connectivity index (χ0v) is 33.9. The lowest BCUT2D eigenvalue weighted by Gasteiger charge is -2.46. The predicted molar refractivity (Wildman–Crippen MR) is 249 cm³/mol. The van der Waals surface area contributed by atoms with Gasteiger partial charge in [-0.15, -0.1) is 0 Å². The summed E-state index contributed by atoms with van der Waals surface area (Å²) in [4.78, 5) is 5.54. The van der Waals surface area contributed by atoms with E-state index in [0.29, 0.717) is 5.92 Å². The van der Waals surface area contributed by atoms with Crippen LogP contribution in [0.1, 0.15) is 53.6 Å². The molecule has 60 heavy (non-hydrogen) atoms. The van der Waals surface area contributed by atoms with E-state index in [1.807, 2.05) is 0 Å². The van der Waals surface area contributed by atoms with Crippen LogP contribution in [0.5, 0.6) is 0 Å². The van der Waals surface area contributed by atoms with Crippen LogP contribution in [0, 0.1) is 5.92 Å². The Labute approximate surface area is 352 Å². The fourth-order valence-corrected chi connectivity index (χ4v) is 11.0. The Hall–Kier alpha value is -7.09. The number of hydrogen-bond acceptors (Lipinski definition) is 1. The first-order valence-electron chi connectivity index (χ1n) is 21.3. The van der Waals surface area contributed by atoms with Gasteiger partial charge < -0.3 is 0 Å². The molecule has 1 nitrogen and oxygen atoms in total. The van der Waals surface area contributed by atoms with Gasteiger partial charge in [-0.25, -0.2) is 4.98 Å². The third-order valence-corrected chi connectivity index (χ3v) is 13.8. The number of aromatic nitrogens is 1. The van der Waals surface area contributed by atoms with Crippen molar-refractivity contribution in [2.45, 2.75) is 31.1 Å². The number of hydrogen-bond donors (Lipinski definition) is 0. The summed E-state index contributed by atoms with van der Waals surface area (Å²) in [7, 11) is 0. The van der Waals surface area contributed by atoms with Gasteiger partial charge in [0.15, 0.2) is 0 Å². The molecule has 1 aromatic heterocycles. The summed E-state index contributed by atoms with van der Waals surface area (Å²) in [5.41, 5.74) is 20.3. The van der Waals surface area contributed by atoms with Crippen molar-refractivity contribution in [3.05, 3.63) is 244 Å². The Morgan fingerprint density at radius 3 is 1.85 bits per heavy atom. The number of pyridine rings is 1. The van der Waals surface area contributed by atoms with Gasteiger partial charge in [-0.3, -0.25) is 0 Å². The average Bonchev–Trinajstić information content (AvgIpc) is 3.61. The van der Waals surface area contributed by atoms with E-state index >= 15 is 0 Å². The number of allylic oxidation sites excluding steroid dienone is 4. The molecule has 0 N–H and O–H groups in total. The van der Waals surface area contributed by atoms with Gasteiger partial charge in [0.05, 0.1) is 16.8 Å². The van der Waals surface area contributed by atoms with E-state index in [2.05, 4.69) is 220 Å². The van der Waals surface area contributed by atoms with Gasteiger partial charge >= 0.3 is 0 Å². The van der Waals surface area contributed by atoms with Crippen LogP contribution in [-0.4, -0.2) is 4.98 Å². The summed E-state index contributed by atoms with van der Waals surface area (Å²) in [6, 6.07) is 65.6. The number of fused-ring (bicyclic) bond motifs is 11. The van der Waals surface area contributed by atoms with Crippen molar-refractivity contribution in [2.75, 3.05) is 0 Å². The summed E-state index contributed by atoms with van der Waals surface area (Å²) >= 11 is 0. The number of benzene rings is 7. The first-order valence-corrected chi connectivity index (χ1v) is 21.3. The monoisotopic (exact) mass is 765 g/mol. The van der Waals surface area contributed by atoms with E-state index in [1.165, 1.54) is 77.2 Å². The van der Waals surface area contributed by atoms with E-state index < -0.39 is 5.41 Å². The Morgan fingerprint density at radius 2 is 1.10 bits per heavy atom. The Morgan fingerprint density at radius 1 is 0.467 bits per heavy atom. The highest BCUT2D eigenvalue weighted by molar-refractivity contribution is 5.98. The first kappa shape index (κ1) is 34.9. The second kappa shape index (κ2) is 13.2. The zero-order chi connectivity index (χ0) is 40.0. The molecule has 12 rings (SSSR count). The van der Waals surface area contributed by atoms with Crippen LogP contribution in [0.2, 0.25) is 0 Å². The molecule has 4 aliphatic carbocycles. The molecular formula is C59H43N. The third-order valence-electron chi connectivity index (χ3n) is 13.8. The molecule has 0 radical (unpaired) electrons. The molecule has 1 atom stereocenters. The van der Waals surface area contributed by atoms with Crippen LogP contribution >= 0.6 is 0 Å². The predicted octanol–water partition coefficient (Wildman–Crippen LogP) is 12.8. The first-order chi connectivity index (χ1) is 29.5. The number of rotatable bonds is 4. The summed E-state index contributed by atoms with van der Waals surface area (Å²) < 4.78 is 0. The summed E-state index contributed by atoms with van der Waals surface area (Å²) in [6.45, 7) is 4.79. The molecule has 1 spiro atoms. The van der Waals surface area contributed by atoms with Gasteiger partial charge in [0, 0.05) is 22.5 Å². The molecule has 7 aromatic carbocycles. The SMILES string of the molecule is CC1(C)c2ccccc2C2(c3ccc(-c4ccc5c(c4)=CC4=CC=CCC4C=5)cc3-c3c(-c4cc(-c5ccccc5)cc(-c5ccccc5)n4)cccc32)c2ccccc21. The van der Waals surface area contributed by atoms with Crippen molar-refractivity contribution in [3.8, 4) is 55.9 Å². The van der Waals surface area contributed by atoms with Crippen molar-refractivity contribution in [3.63, 3.8) is 0 Å². The largest absolute Gasteiger partial charge is 0.248 e. The quantitative estimate of drug-likeness (QED) is 0.174. The highest BCUT2D eigenvalue weighted by atomic mass is 14.7. The second-order valence-electron chi connectivity index (χ2n) is 17.4. The van der Waals surface area contributed by atoms with E-state index in [1.54, 1.807) is 0 Å². The van der Waals surface area contributed by atoms with Crippen LogP contribution in [0.15, 0.2) is 200 Å². The minimum atomic E-state index is -0.518. The second-order valence-corrected chi connectivity index (χ2v) is 17.4. The van der Waals surface area contributed by atoms with E-state index in [9.17, 15) is 0 Å². The van der Waals surface area contributed by atoms with Gasteiger partial charge in [0.1, 0.15) is 0 Å². The highest BCUT2D eigenvalue weighted by Crippen LogP contribution is 2.63. The fourth-order valence-electron chi connectivity index (χ4n) is 11.0. The van der Waals surface area contributed by atoms with Crippen LogP contribution in [-0.2, 0) is 10.8 Å². The van der Waals surface area contributed by atoms with Gasteiger partial charge in [0.2, 0.25) is 0 Å². The minimum absolute atomic E-state index is 0.172. The topological polar surface area (TPSA) is 12.9 Å². The fraction of sp³-hybridized carbons (Fsp3) is 0.102. The molecule has 0 fully saturated rings. The van der Waals surface area contributed by atoms with Crippen LogP contribution < -0.4 is 10.4 Å². The molecule has 8 aromatic rings. The van der Waals surface area contributed by atoms with Crippen molar-refractivity contribution in [2.24, 2.45) is 5.92 Å². The summed E-state index contributed by atoms with van der Waals surface area (Å²) in [6.07, 6.45) is 12.7. The van der Waals surface area contributed by atoms with Crippen molar-refractivity contribution >= 4 is 12.2 Å². The highest BCUT2D eigenvalue weighted by Gasteiger charge is 2.53. The van der Waals surface area contributed by atoms with E-state index in [-0.39, 0.29) is 5.41 Å². The molecule has 4 aliphatic rings. The zero-order valence-electron chi connectivity index (χ0n) is 33.9. The molecule has 284 valence electrons. The smallest absolute Gasteiger partial charge is 0.0722 e. The molecule has 0 saturated carbocycles. The maximum absolute atomic E-state index is 5.54. The Balaban J connectivity index is 1.16. The lowest BCUT2D eigenvalue weighted by atomic mass is 9.55. The lowest BCUT2D eigenvalue weighted by molar-refractivity contribution is 0.563. The normalized spacial score (nSPS) is 16.8. The van der Waals surface area contributed by atoms with Crippen LogP contribution in [0.3, 0.4) is 0 Å². The Kier molecular flexibility index (Phi) is 7.69. The summed E-state index contributed by atoms with van der Waals surface area (Å²) in [5, 5.41) is 2.61. The molecule has 1 heteroatoms. The van der Waals surface area contributed by atoms with Crippen molar-refractivity contribution in [1.82, 2.24) is 4.98 Å². The molecular weight excluding hydrogens is 723 g/mol. The van der Waals surface area contributed by atoms with Gasteiger partial charge in [-0.05, 0) is 113 Å². The molecule has 0 saturated heterocycles. The van der Waals surface area contributed by atoms with Gasteiger partial charge in [-0.2, -0.15) is 0 Å². The van der Waals surface area contributed by atoms with E-state index in [4.69, 9.17) is 4.98 Å². The standard InChI is InChI=1S/C59H43N/c1-58(2)50-23-11-13-25-52(50)59(53-26-14-12-24-51(53)58)49-31-30-44(42-28-29-43-32-40-20-9-10-21-41(40)33-45(43)34-42)35-48(49)57-47(22-15-27-54(57)59)56-37-46(38-16-5-3-6-17-38)36-55(60-56)39-18-7-4-8-19-39/h3-19,21-37,40H,20H2,1-2H3. The number of nitrogens with zero attached hydrogens (tertiary/aromatic N) is 1. The molecule has 0 aliphatic heterocycles. The molecule has 1 heterocycles. The van der Waals surface area contributed by atoms with Crippen molar-refractivity contribution in [1.29, 1.82) is 0 Å². The molecule has 0 amide bonds. The molecule has 1 unspecified atom stereocenters. The van der Waals surface area contributed by atoms with E-state index in [0.717, 1.165) is 34.5 Å². The maximum atomic E-state index is 5.54. The van der Waals surface area contributed by atoms with Crippen LogP contribution in [0.25, 0.3) is 68.0 Å². The average molecular weight is 766 g/mol. The van der Waals surface area contributed by atoms with Crippen LogP contribution in [0.4, 0.5) is 0 Å². The van der Waals surface area contributed by atoms with Gasteiger partial charge in [-0.1, -0.05) is 196 Å². The maximum Gasteiger partial charge on any atom is 0.0722 e. The minimum Gasteiger partial charge on any atom is -0.248 e. The van der Waals surface area contributed by atoms with Crippen molar-refractivity contribution < 1.29 is 0 Å².